The number of hydrogen-bond donors (Lipinski definition) is 0. The number of aromatic nitrogens is 3. The first-order chi connectivity index (χ1) is 57.1. The van der Waals surface area contributed by atoms with E-state index in [1.807, 2.05) is 0 Å². The summed E-state index contributed by atoms with van der Waals surface area (Å²) in [6.07, 6.45) is 0. The quantitative estimate of drug-likeness (QED) is 0.127. The first kappa shape index (κ1) is 72.3. The van der Waals surface area contributed by atoms with Gasteiger partial charge in [0, 0.05) is 83.0 Å². The van der Waals surface area contributed by atoms with Crippen molar-refractivity contribution in [3.05, 3.63) is 374 Å². The predicted octanol–water partition coefficient (Wildman–Crippen LogP) is 28.6. The molecular formula is C112H94BN5. The van der Waals surface area contributed by atoms with Crippen molar-refractivity contribution in [2.24, 2.45) is 0 Å². The summed E-state index contributed by atoms with van der Waals surface area (Å²) in [5.41, 5.74) is 36.7. The van der Waals surface area contributed by atoms with Crippen LogP contribution in [0, 0.1) is 0 Å². The second-order valence-corrected chi connectivity index (χ2v) is 36.8. The van der Waals surface area contributed by atoms with Crippen molar-refractivity contribution < 1.29 is 0 Å². The summed E-state index contributed by atoms with van der Waals surface area (Å²) in [6.45, 7) is 28.0. The zero-order chi connectivity index (χ0) is 80.4. The molecule has 21 rings (SSSR count). The minimum Gasteiger partial charge on any atom is -0.311 e. The van der Waals surface area contributed by atoms with E-state index in [1.54, 1.807) is 0 Å². The molecule has 0 atom stereocenters. The second-order valence-electron chi connectivity index (χ2n) is 36.8. The molecule has 0 bridgehead atoms. The standard InChI is InChI=1S/C112H94BN5/c1-109(2,3)76-54-62-100-89(67-76)90-68-77(110(4,5)6)55-63-101(90)114(100)79-56-61-93-103(70-79)116(95-47-29-23-41-82(95)72-36-18-14-19-37-72)105-66-75(80-57-53-78(111(7,8)9)69-91(80)112(10,11)12)65-104-106(105)113(93)92-60-52-74(64-102(92)115(104)94-46-28-22-40-81(94)71-34-16-13-17-35-71)84-59-58-83(73-38-20-15-21-39-73)107(117-96-48-30-24-42-85(96)86-43-25-31-49-97(86)117)108(84)118-98-50-32-26-44-87(98)88-45-27-33-51-99(88)118/h13-70H,1-12H3. The van der Waals surface area contributed by atoms with Crippen LogP contribution in [-0.4, -0.2) is 20.4 Å². The van der Waals surface area contributed by atoms with Gasteiger partial charge in [0.1, 0.15) is 0 Å². The Labute approximate surface area is 693 Å². The molecule has 2 aliphatic rings. The third kappa shape index (κ3) is 11.6. The molecule has 0 radical (unpaired) electrons. The summed E-state index contributed by atoms with van der Waals surface area (Å²) >= 11 is 0. The molecule has 118 heavy (non-hydrogen) atoms. The molecule has 3 aromatic heterocycles. The molecule has 19 aromatic rings. The van der Waals surface area contributed by atoms with Crippen molar-refractivity contribution in [3.63, 3.8) is 0 Å². The molecule has 2 aliphatic heterocycles. The van der Waals surface area contributed by atoms with Gasteiger partial charge in [0.2, 0.25) is 0 Å². The monoisotopic (exact) mass is 1520 g/mol. The lowest BCUT2D eigenvalue weighted by Crippen LogP contribution is -2.61. The van der Waals surface area contributed by atoms with E-state index in [9.17, 15) is 0 Å². The molecule has 16 aromatic carbocycles. The summed E-state index contributed by atoms with van der Waals surface area (Å²) in [7, 11) is 0. The fourth-order valence-corrected chi connectivity index (χ4v) is 19.6. The molecule has 0 unspecified atom stereocenters. The largest absolute Gasteiger partial charge is 0.311 e. The van der Waals surface area contributed by atoms with Gasteiger partial charge < -0.3 is 23.5 Å². The third-order valence-electron chi connectivity index (χ3n) is 25.4. The van der Waals surface area contributed by atoms with E-state index in [4.69, 9.17) is 0 Å². The fraction of sp³-hybridized carbons (Fsp3) is 0.143. The molecule has 0 amide bonds. The number of fused-ring (bicyclic) bond motifs is 13. The Morgan fingerprint density at radius 2 is 0.559 bits per heavy atom. The van der Waals surface area contributed by atoms with Crippen molar-refractivity contribution >= 4 is 123 Å². The van der Waals surface area contributed by atoms with Gasteiger partial charge in [0.15, 0.2) is 0 Å². The second kappa shape index (κ2) is 27.1. The lowest BCUT2D eigenvalue weighted by Gasteiger charge is -2.45. The van der Waals surface area contributed by atoms with Crippen molar-refractivity contribution in [3.8, 4) is 72.7 Å². The van der Waals surface area contributed by atoms with Gasteiger partial charge in [-0.1, -0.05) is 344 Å². The Balaban J connectivity index is 0.922. The molecule has 0 spiro atoms. The number of hydrogen-bond acceptors (Lipinski definition) is 2. The Kier molecular flexibility index (Phi) is 16.6. The minimum absolute atomic E-state index is 0.0651. The molecule has 0 saturated carbocycles. The summed E-state index contributed by atoms with van der Waals surface area (Å²) in [5.74, 6) is 0. The van der Waals surface area contributed by atoms with E-state index >= 15 is 0 Å². The molecule has 5 nitrogen and oxygen atoms in total. The van der Waals surface area contributed by atoms with E-state index in [1.165, 1.54) is 87.6 Å². The van der Waals surface area contributed by atoms with Crippen molar-refractivity contribution in [1.82, 2.24) is 13.7 Å². The summed E-state index contributed by atoms with van der Waals surface area (Å²) in [4.78, 5) is 5.36. The highest BCUT2D eigenvalue weighted by molar-refractivity contribution is 7.00. The third-order valence-corrected chi connectivity index (χ3v) is 25.4. The highest BCUT2D eigenvalue weighted by Crippen LogP contribution is 2.54. The molecule has 570 valence electrons. The summed E-state index contributed by atoms with van der Waals surface area (Å²) in [6, 6.07) is 135. The van der Waals surface area contributed by atoms with Crippen LogP contribution in [0.1, 0.15) is 105 Å². The molecule has 6 heteroatoms. The van der Waals surface area contributed by atoms with E-state index in [-0.39, 0.29) is 28.4 Å². The zero-order valence-electron chi connectivity index (χ0n) is 69.3. The van der Waals surface area contributed by atoms with Gasteiger partial charge in [-0.05, 0) is 185 Å². The minimum atomic E-state index is -0.273. The van der Waals surface area contributed by atoms with Crippen LogP contribution < -0.4 is 26.2 Å². The average molecular weight is 1520 g/mol. The Morgan fingerprint density at radius 3 is 1.00 bits per heavy atom. The molecule has 0 aliphatic carbocycles. The summed E-state index contributed by atoms with van der Waals surface area (Å²) in [5, 5.41) is 7.33. The van der Waals surface area contributed by atoms with Crippen LogP contribution in [-0.2, 0) is 21.7 Å². The normalized spacial score (nSPS) is 13.0. The van der Waals surface area contributed by atoms with Crippen molar-refractivity contribution in [2.75, 3.05) is 9.80 Å². The van der Waals surface area contributed by atoms with E-state index < -0.39 is 0 Å². The Hall–Kier alpha value is -13.4. The smallest absolute Gasteiger partial charge is 0.252 e. The molecule has 0 fully saturated rings. The topological polar surface area (TPSA) is 21.3 Å². The van der Waals surface area contributed by atoms with Gasteiger partial charge in [0.05, 0.1) is 55.8 Å². The van der Waals surface area contributed by atoms with Gasteiger partial charge in [-0.2, -0.15) is 0 Å². The molecular weight excluding hydrogens is 1430 g/mol. The van der Waals surface area contributed by atoms with Gasteiger partial charge in [-0.25, -0.2) is 0 Å². The zero-order valence-corrected chi connectivity index (χ0v) is 69.3. The van der Waals surface area contributed by atoms with Crippen LogP contribution >= 0.6 is 0 Å². The number of anilines is 6. The molecule has 5 heterocycles. The maximum atomic E-state index is 2.68. The van der Waals surface area contributed by atoms with E-state index in [2.05, 4.69) is 458 Å². The molecule has 0 N–H and O–H groups in total. The van der Waals surface area contributed by atoms with Crippen molar-refractivity contribution in [2.45, 2.75) is 105 Å². The van der Waals surface area contributed by atoms with E-state index in [0.29, 0.717) is 0 Å². The van der Waals surface area contributed by atoms with Gasteiger partial charge in [-0.3, -0.25) is 0 Å². The highest BCUT2D eigenvalue weighted by atomic mass is 15.2. The number of benzene rings is 16. The average Bonchev–Trinajstić information content (AvgIpc) is 0.777. The van der Waals surface area contributed by atoms with Crippen LogP contribution in [0.5, 0.6) is 0 Å². The fourth-order valence-electron chi connectivity index (χ4n) is 19.6. The Morgan fingerprint density at radius 1 is 0.212 bits per heavy atom. The van der Waals surface area contributed by atoms with Crippen LogP contribution in [0.4, 0.5) is 34.1 Å². The van der Waals surface area contributed by atoms with Gasteiger partial charge in [-0.15, -0.1) is 0 Å². The summed E-state index contributed by atoms with van der Waals surface area (Å²) < 4.78 is 7.74. The maximum absolute atomic E-state index is 2.68. The molecule has 0 saturated heterocycles. The van der Waals surface area contributed by atoms with Crippen LogP contribution in [0.3, 0.4) is 0 Å². The lowest BCUT2D eigenvalue weighted by atomic mass is 9.33. The maximum Gasteiger partial charge on any atom is 0.252 e. The van der Waals surface area contributed by atoms with Gasteiger partial charge >= 0.3 is 0 Å². The first-order valence-corrected chi connectivity index (χ1v) is 41.9. The van der Waals surface area contributed by atoms with Gasteiger partial charge in [0.25, 0.3) is 6.71 Å². The SMILES string of the molecule is CC(C)(C)c1ccc(-c2cc3c4c(c2)N(c2ccccc2-c2ccccc2)c2cc(-n5c6ccc(C(C)(C)C)cc6c6cc(C(C)(C)C)ccc65)ccc2B4c2ccc(-c4ccc(-c5ccccc5)c(-n5c6ccccc6c6ccccc65)c4-n4c5ccccc5c5ccccc54)cc2N3c2ccccc2-c2ccccc2)c(C(C)(C)C)c1. The van der Waals surface area contributed by atoms with Crippen LogP contribution in [0.2, 0.25) is 0 Å². The van der Waals surface area contributed by atoms with Crippen LogP contribution in [0.15, 0.2) is 352 Å². The number of nitrogens with zero attached hydrogens (tertiary/aromatic N) is 5. The van der Waals surface area contributed by atoms with Crippen molar-refractivity contribution in [1.29, 1.82) is 0 Å². The van der Waals surface area contributed by atoms with Crippen LogP contribution in [0.25, 0.3) is 138 Å². The highest BCUT2D eigenvalue weighted by Gasteiger charge is 2.46. The first-order valence-electron chi connectivity index (χ1n) is 41.9. The van der Waals surface area contributed by atoms with E-state index in [0.717, 1.165) is 123 Å². The predicted molar refractivity (Wildman–Crippen MR) is 505 cm³/mol. The number of para-hydroxylation sites is 6. The Bertz CT molecular complexity index is 7110. The number of rotatable bonds is 10. The lowest BCUT2D eigenvalue weighted by molar-refractivity contribution is 0.570.